The van der Waals surface area contributed by atoms with Gasteiger partial charge in [0.1, 0.15) is 29.3 Å². The Morgan fingerprint density at radius 3 is 2.72 bits per heavy atom. The lowest BCUT2D eigenvalue weighted by atomic mass is 10.1. The average Bonchev–Trinajstić information content (AvgIpc) is 2.83. The average molecular weight is 520 g/mol. The standard InChI is InChI=1S/C24H18ClF4N5O2/c1-12-31-17-10-20(33-22(21(17)23(35)32-12)15-3-2-14(25)9-16(15)26)34-6-7-36-18(11-34)13-4-5-30-19(8-13)24(27,28)29/h2-5,8-10,18H,6-7,11H2,1H3,(H,31,32,35). The van der Waals surface area contributed by atoms with Gasteiger partial charge in [-0.3, -0.25) is 9.78 Å². The Morgan fingerprint density at radius 1 is 1.17 bits per heavy atom. The molecule has 1 aliphatic rings. The highest BCUT2D eigenvalue weighted by Crippen LogP contribution is 2.34. The molecule has 1 saturated heterocycles. The molecule has 36 heavy (non-hydrogen) atoms. The van der Waals surface area contributed by atoms with Crippen LogP contribution >= 0.6 is 11.6 Å². The fourth-order valence-corrected chi connectivity index (χ4v) is 4.32. The maximum Gasteiger partial charge on any atom is 0.433 e. The molecule has 1 fully saturated rings. The minimum Gasteiger partial charge on any atom is -0.370 e. The molecular weight excluding hydrogens is 502 g/mol. The number of hydrogen-bond acceptors (Lipinski definition) is 6. The molecule has 0 amide bonds. The molecule has 1 aliphatic heterocycles. The first-order valence-corrected chi connectivity index (χ1v) is 11.2. The predicted octanol–water partition coefficient (Wildman–Crippen LogP) is 5.08. The van der Waals surface area contributed by atoms with Crippen molar-refractivity contribution < 1.29 is 22.3 Å². The SMILES string of the molecule is Cc1nc2cc(N3CCOC(c4ccnc(C(F)(F)F)c4)C3)nc(-c3ccc(Cl)cc3F)c2c(=O)[nH]1. The van der Waals surface area contributed by atoms with Crippen molar-refractivity contribution >= 4 is 28.3 Å². The van der Waals surface area contributed by atoms with E-state index in [0.29, 0.717) is 29.3 Å². The molecule has 1 N–H and O–H groups in total. The topological polar surface area (TPSA) is 84.0 Å². The van der Waals surface area contributed by atoms with Crippen molar-refractivity contribution in [3.63, 3.8) is 0 Å². The molecule has 0 radical (unpaired) electrons. The highest BCUT2D eigenvalue weighted by molar-refractivity contribution is 6.30. The number of pyridine rings is 2. The summed E-state index contributed by atoms with van der Waals surface area (Å²) in [5.41, 5.74) is -0.719. The summed E-state index contributed by atoms with van der Waals surface area (Å²) in [6.45, 7) is 2.37. The van der Waals surface area contributed by atoms with E-state index in [4.69, 9.17) is 16.3 Å². The smallest absolute Gasteiger partial charge is 0.370 e. The zero-order valence-corrected chi connectivity index (χ0v) is 19.5. The van der Waals surface area contributed by atoms with Crippen molar-refractivity contribution in [1.82, 2.24) is 19.9 Å². The minimum absolute atomic E-state index is 0.0659. The molecule has 12 heteroatoms. The fraction of sp³-hybridized carbons (Fsp3) is 0.250. The number of ether oxygens (including phenoxy) is 1. The van der Waals surface area contributed by atoms with Gasteiger partial charge >= 0.3 is 6.18 Å². The highest BCUT2D eigenvalue weighted by Gasteiger charge is 2.34. The molecule has 1 unspecified atom stereocenters. The van der Waals surface area contributed by atoms with Gasteiger partial charge in [-0.1, -0.05) is 11.6 Å². The van der Waals surface area contributed by atoms with Crippen LogP contribution in [0.1, 0.15) is 23.2 Å². The first-order valence-electron chi connectivity index (χ1n) is 10.9. The lowest BCUT2D eigenvalue weighted by Gasteiger charge is -2.34. The number of fused-ring (bicyclic) bond motifs is 1. The zero-order chi connectivity index (χ0) is 25.6. The lowest BCUT2D eigenvalue weighted by molar-refractivity contribution is -0.141. The van der Waals surface area contributed by atoms with Gasteiger partial charge in [-0.05, 0) is 42.8 Å². The number of aryl methyl sites for hydroxylation is 1. The van der Waals surface area contributed by atoms with E-state index in [9.17, 15) is 22.4 Å². The third-order valence-corrected chi connectivity index (χ3v) is 6.05. The van der Waals surface area contributed by atoms with Crippen LogP contribution < -0.4 is 10.5 Å². The summed E-state index contributed by atoms with van der Waals surface area (Å²) >= 11 is 5.90. The molecule has 1 aromatic carbocycles. The molecule has 0 saturated carbocycles. The van der Waals surface area contributed by atoms with Crippen LogP contribution in [0.15, 0.2) is 47.4 Å². The Balaban J connectivity index is 1.59. The fourth-order valence-electron chi connectivity index (χ4n) is 4.17. The largest absolute Gasteiger partial charge is 0.433 e. The zero-order valence-electron chi connectivity index (χ0n) is 18.7. The molecule has 0 aliphatic carbocycles. The summed E-state index contributed by atoms with van der Waals surface area (Å²) in [7, 11) is 0. The van der Waals surface area contributed by atoms with Crippen LogP contribution in [0.3, 0.4) is 0 Å². The van der Waals surface area contributed by atoms with Crippen molar-refractivity contribution in [2.24, 2.45) is 0 Å². The van der Waals surface area contributed by atoms with Crippen molar-refractivity contribution in [2.75, 3.05) is 24.6 Å². The van der Waals surface area contributed by atoms with Gasteiger partial charge in [-0.15, -0.1) is 0 Å². The molecule has 1 atom stereocenters. The maximum atomic E-state index is 14.9. The molecular formula is C24H18ClF4N5O2. The van der Waals surface area contributed by atoms with Crippen molar-refractivity contribution in [1.29, 1.82) is 0 Å². The number of alkyl halides is 3. The van der Waals surface area contributed by atoms with Crippen LogP contribution in [0.25, 0.3) is 22.2 Å². The predicted molar refractivity (Wildman–Crippen MR) is 125 cm³/mol. The van der Waals surface area contributed by atoms with Crippen molar-refractivity contribution in [3.05, 3.63) is 80.9 Å². The molecule has 0 bridgehead atoms. The Bertz CT molecular complexity index is 1530. The van der Waals surface area contributed by atoms with Gasteiger partial charge in [-0.2, -0.15) is 13.2 Å². The van der Waals surface area contributed by atoms with E-state index in [-0.39, 0.29) is 34.8 Å². The van der Waals surface area contributed by atoms with Gasteiger partial charge in [0.2, 0.25) is 0 Å². The number of H-pyrrole nitrogens is 1. The Hall–Kier alpha value is -3.57. The van der Waals surface area contributed by atoms with E-state index in [1.54, 1.807) is 17.9 Å². The second-order valence-electron chi connectivity index (χ2n) is 8.28. The Kier molecular flexibility index (Phi) is 6.13. The van der Waals surface area contributed by atoms with Gasteiger partial charge < -0.3 is 14.6 Å². The molecule has 5 rings (SSSR count). The van der Waals surface area contributed by atoms with E-state index in [0.717, 1.165) is 18.3 Å². The number of aromatic nitrogens is 4. The summed E-state index contributed by atoms with van der Waals surface area (Å²) in [5.74, 6) is 0.0796. The number of aromatic amines is 1. The first-order chi connectivity index (χ1) is 17.1. The van der Waals surface area contributed by atoms with Crippen molar-refractivity contribution in [2.45, 2.75) is 19.2 Å². The third-order valence-electron chi connectivity index (χ3n) is 5.82. The van der Waals surface area contributed by atoms with Crippen LogP contribution in [0.2, 0.25) is 5.02 Å². The van der Waals surface area contributed by atoms with Crippen molar-refractivity contribution in [3.8, 4) is 11.3 Å². The summed E-state index contributed by atoms with van der Waals surface area (Å²) in [6.07, 6.45) is -4.18. The van der Waals surface area contributed by atoms with E-state index >= 15 is 0 Å². The first kappa shape index (κ1) is 24.1. The highest BCUT2D eigenvalue weighted by atomic mass is 35.5. The molecule has 0 spiro atoms. The molecule has 4 aromatic rings. The Labute approximate surface area is 206 Å². The lowest BCUT2D eigenvalue weighted by Crippen LogP contribution is -2.39. The number of nitrogens with one attached hydrogen (secondary N) is 1. The number of halogens is 5. The number of rotatable bonds is 3. The van der Waals surface area contributed by atoms with Crippen LogP contribution in [-0.4, -0.2) is 39.6 Å². The van der Waals surface area contributed by atoms with E-state index in [1.807, 2.05) is 0 Å². The van der Waals surface area contributed by atoms with E-state index in [2.05, 4.69) is 19.9 Å². The number of benzene rings is 1. The number of anilines is 1. The molecule has 186 valence electrons. The minimum atomic E-state index is -4.58. The maximum absolute atomic E-state index is 14.9. The monoisotopic (exact) mass is 519 g/mol. The van der Waals surface area contributed by atoms with E-state index in [1.165, 1.54) is 18.2 Å². The second-order valence-corrected chi connectivity index (χ2v) is 8.71. The Morgan fingerprint density at radius 2 is 1.97 bits per heavy atom. The number of morpholine rings is 1. The normalized spacial score (nSPS) is 16.5. The second kappa shape index (κ2) is 9.14. The van der Waals surface area contributed by atoms with Gasteiger partial charge in [0.25, 0.3) is 5.56 Å². The molecule has 4 heterocycles. The van der Waals surface area contributed by atoms with E-state index < -0.39 is 29.4 Å². The van der Waals surface area contributed by atoms with Gasteiger partial charge in [0, 0.05) is 35.9 Å². The summed E-state index contributed by atoms with van der Waals surface area (Å²) in [6, 6.07) is 8.07. The van der Waals surface area contributed by atoms with Crippen LogP contribution in [0, 0.1) is 12.7 Å². The van der Waals surface area contributed by atoms with Gasteiger partial charge in [-0.25, -0.2) is 14.4 Å². The van der Waals surface area contributed by atoms with Gasteiger partial charge in [0.05, 0.1) is 23.2 Å². The molecule has 7 nitrogen and oxygen atoms in total. The summed E-state index contributed by atoms with van der Waals surface area (Å²) in [5, 5.41) is 0.297. The van der Waals surface area contributed by atoms with Crippen LogP contribution in [-0.2, 0) is 10.9 Å². The number of hydrogen-bond donors (Lipinski definition) is 1. The molecule has 3 aromatic heterocycles. The summed E-state index contributed by atoms with van der Waals surface area (Å²) < 4.78 is 60.1. The third kappa shape index (κ3) is 4.63. The van der Waals surface area contributed by atoms with Gasteiger partial charge in [0.15, 0.2) is 0 Å². The number of nitrogens with zero attached hydrogens (tertiary/aromatic N) is 4. The van der Waals surface area contributed by atoms with Crippen LogP contribution in [0.5, 0.6) is 0 Å². The quantitative estimate of drug-likeness (QED) is 0.380. The van der Waals surface area contributed by atoms with Crippen LogP contribution in [0.4, 0.5) is 23.4 Å². The summed E-state index contributed by atoms with van der Waals surface area (Å²) in [4.78, 5) is 29.6.